The summed E-state index contributed by atoms with van der Waals surface area (Å²) in [7, 11) is 0. The molecule has 0 aliphatic heterocycles. The van der Waals surface area contributed by atoms with Crippen LogP contribution in [0.4, 0.5) is 0 Å². The van der Waals surface area contributed by atoms with Crippen LogP contribution in [0.15, 0.2) is 28.7 Å². The highest BCUT2D eigenvalue weighted by atomic mass is 79.9. The minimum atomic E-state index is 0.229. The fraction of sp³-hybridized carbons (Fsp3) is 0.500. The van der Waals surface area contributed by atoms with Crippen LogP contribution < -0.4 is 0 Å². The van der Waals surface area contributed by atoms with E-state index < -0.39 is 0 Å². The molecule has 0 aromatic heterocycles. The van der Waals surface area contributed by atoms with Crippen molar-refractivity contribution in [1.29, 1.82) is 0 Å². The summed E-state index contributed by atoms with van der Waals surface area (Å²) in [6.07, 6.45) is 4.65. The maximum absolute atomic E-state index is 11.7. The van der Waals surface area contributed by atoms with Crippen LogP contribution >= 0.6 is 15.9 Å². The third-order valence-corrected chi connectivity index (χ3v) is 4.31. The number of carbonyl (C=O) groups is 1. The lowest BCUT2D eigenvalue weighted by Crippen LogP contribution is -2.24. The van der Waals surface area contributed by atoms with E-state index in [1.807, 2.05) is 6.07 Å². The third kappa shape index (κ3) is 2.37. The van der Waals surface area contributed by atoms with Crippen LogP contribution in [0.2, 0.25) is 0 Å². The van der Waals surface area contributed by atoms with Gasteiger partial charge >= 0.3 is 0 Å². The van der Waals surface area contributed by atoms with Crippen molar-refractivity contribution in [2.24, 2.45) is 5.92 Å². The molecular formula is C14H17BrO. The van der Waals surface area contributed by atoms with Gasteiger partial charge in [0.1, 0.15) is 5.78 Å². The van der Waals surface area contributed by atoms with Gasteiger partial charge in [-0.05, 0) is 37.3 Å². The summed E-state index contributed by atoms with van der Waals surface area (Å²) in [6.45, 7) is 1.74. The summed E-state index contributed by atoms with van der Waals surface area (Å²) in [6, 6.07) is 8.31. The Hall–Kier alpha value is -0.630. The zero-order chi connectivity index (χ0) is 11.5. The van der Waals surface area contributed by atoms with Gasteiger partial charge in [-0.3, -0.25) is 4.79 Å². The van der Waals surface area contributed by atoms with Gasteiger partial charge in [0.2, 0.25) is 0 Å². The molecule has 0 radical (unpaired) electrons. The highest BCUT2D eigenvalue weighted by molar-refractivity contribution is 9.10. The molecule has 1 aromatic carbocycles. The van der Waals surface area contributed by atoms with Gasteiger partial charge in [0.15, 0.2) is 0 Å². The van der Waals surface area contributed by atoms with E-state index >= 15 is 0 Å². The SMILES string of the molecule is CC(=O)C1CCCCC1c1ccccc1Br. The number of hydrogen-bond donors (Lipinski definition) is 0. The van der Waals surface area contributed by atoms with Crippen molar-refractivity contribution in [3.05, 3.63) is 34.3 Å². The maximum Gasteiger partial charge on any atom is 0.133 e. The number of Topliss-reactive ketones (excluding diaryl/α,β-unsaturated/α-hetero) is 1. The molecule has 1 nitrogen and oxygen atoms in total. The second-order valence-corrected chi connectivity index (χ2v) is 5.48. The van der Waals surface area contributed by atoms with Crippen molar-refractivity contribution < 1.29 is 4.79 Å². The fourth-order valence-corrected chi connectivity index (χ4v) is 3.34. The molecule has 1 aliphatic carbocycles. The number of benzene rings is 1. The third-order valence-electron chi connectivity index (χ3n) is 3.59. The van der Waals surface area contributed by atoms with E-state index in [1.165, 1.54) is 18.4 Å². The predicted molar refractivity (Wildman–Crippen MR) is 69.5 cm³/mol. The number of carbonyl (C=O) groups excluding carboxylic acids is 1. The zero-order valence-corrected chi connectivity index (χ0v) is 11.2. The van der Waals surface area contributed by atoms with E-state index in [9.17, 15) is 4.79 Å². The first-order valence-electron chi connectivity index (χ1n) is 5.95. The lowest BCUT2D eigenvalue weighted by Gasteiger charge is -2.30. The molecule has 0 spiro atoms. The molecule has 0 N–H and O–H groups in total. The van der Waals surface area contributed by atoms with Crippen LogP contribution in [-0.4, -0.2) is 5.78 Å². The number of hydrogen-bond acceptors (Lipinski definition) is 1. The summed E-state index contributed by atoms with van der Waals surface area (Å²) in [5.74, 6) is 0.995. The second kappa shape index (κ2) is 5.13. The normalized spacial score (nSPS) is 25.4. The molecule has 2 atom stereocenters. The standard InChI is InChI=1S/C14H17BrO/c1-10(16)11-6-2-3-7-12(11)13-8-4-5-9-14(13)15/h4-5,8-9,11-12H,2-3,6-7H2,1H3. The van der Waals surface area contributed by atoms with Gasteiger partial charge in [-0.2, -0.15) is 0 Å². The Morgan fingerprint density at radius 3 is 2.62 bits per heavy atom. The van der Waals surface area contributed by atoms with Crippen molar-refractivity contribution in [2.45, 2.75) is 38.5 Å². The monoisotopic (exact) mass is 280 g/mol. The maximum atomic E-state index is 11.7. The molecule has 2 heteroatoms. The Kier molecular flexibility index (Phi) is 3.80. The van der Waals surface area contributed by atoms with E-state index in [2.05, 4.69) is 34.1 Å². The van der Waals surface area contributed by atoms with Crippen LogP contribution in [0, 0.1) is 5.92 Å². The van der Waals surface area contributed by atoms with Crippen LogP contribution in [0.1, 0.15) is 44.1 Å². The molecule has 1 saturated carbocycles. The van der Waals surface area contributed by atoms with Crippen molar-refractivity contribution in [3.8, 4) is 0 Å². The zero-order valence-electron chi connectivity index (χ0n) is 9.58. The molecular weight excluding hydrogens is 264 g/mol. The van der Waals surface area contributed by atoms with Gasteiger partial charge in [-0.25, -0.2) is 0 Å². The Morgan fingerprint density at radius 2 is 1.94 bits per heavy atom. The summed E-state index contributed by atoms with van der Waals surface area (Å²) in [4.78, 5) is 11.7. The van der Waals surface area contributed by atoms with E-state index in [4.69, 9.17) is 0 Å². The van der Waals surface area contributed by atoms with Gasteiger partial charge in [-0.1, -0.05) is 47.0 Å². The van der Waals surface area contributed by atoms with Crippen molar-refractivity contribution in [3.63, 3.8) is 0 Å². The molecule has 0 amide bonds. The quantitative estimate of drug-likeness (QED) is 0.789. The van der Waals surface area contributed by atoms with Gasteiger partial charge in [0.05, 0.1) is 0 Å². The van der Waals surface area contributed by atoms with Crippen molar-refractivity contribution in [2.75, 3.05) is 0 Å². The first kappa shape index (κ1) is 11.8. The molecule has 1 aliphatic rings. The first-order chi connectivity index (χ1) is 7.70. The van der Waals surface area contributed by atoms with Gasteiger partial charge in [0, 0.05) is 10.4 Å². The van der Waals surface area contributed by atoms with Gasteiger partial charge in [-0.15, -0.1) is 0 Å². The van der Waals surface area contributed by atoms with Crippen LogP contribution in [0.3, 0.4) is 0 Å². The minimum Gasteiger partial charge on any atom is -0.300 e. The molecule has 2 rings (SSSR count). The van der Waals surface area contributed by atoms with Gasteiger partial charge in [0.25, 0.3) is 0 Å². The molecule has 1 aromatic rings. The largest absolute Gasteiger partial charge is 0.300 e. The van der Waals surface area contributed by atoms with E-state index in [0.29, 0.717) is 11.7 Å². The van der Waals surface area contributed by atoms with Crippen LogP contribution in [0.5, 0.6) is 0 Å². The fourth-order valence-electron chi connectivity index (χ4n) is 2.77. The summed E-state index contributed by atoms with van der Waals surface area (Å²) >= 11 is 3.60. The number of halogens is 1. The lowest BCUT2D eigenvalue weighted by atomic mass is 9.74. The van der Waals surface area contributed by atoms with E-state index in [1.54, 1.807) is 6.92 Å². The molecule has 1 fully saturated rings. The van der Waals surface area contributed by atoms with Crippen molar-refractivity contribution in [1.82, 2.24) is 0 Å². The van der Waals surface area contributed by atoms with Crippen molar-refractivity contribution >= 4 is 21.7 Å². The molecule has 0 heterocycles. The summed E-state index contributed by atoms with van der Waals surface area (Å²) < 4.78 is 1.15. The Balaban J connectivity index is 2.30. The average molecular weight is 281 g/mol. The topological polar surface area (TPSA) is 17.1 Å². The smallest absolute Gasteiger partial charge is 0.133 e. The molecule has 0 saturated heterocycles. The Bertz CT molecular complexity index is 386. The molecule has 2 unspecified atom stereocenters. The predicted octanol–water partition coefficient (Wildman–Crippen LogP) is 4.31. The van der Waals surface area contributed by atoms with E-state index in [0.717, 1.165) is 17.3 Å². The highest BCUT2D eigenvalue weighted by Crippen LogP contribution is 2.40. The van der Waals surface area contributed by atoms with E-state index in [-0.39, 0.29) is 5.92 Å². The summed E-state index contributed by atoms with van der Waals surface area (Å²) in [5.41, 5.74) is 1.31. The number of ketones is 1. The highest BCUT2D eigenvalue weighted by Gasteiger charge is 2.30. The van der Waals surface area contributed by atoms with Crippen LogP contribution in [0.25, 0.3) is 0 Å². The molecule has 16 heavy (non-hydrogen) atoms. The Morgan fingerprint density at radius 1 is 1.25 bits per heavy atom. The summed E-state index contributed by atoms with van der Waals surface area (Å²) in [5, 5.41) is 0. The first-order valence-corrected chi connectivity index (χ1v) is 6.74. The minimum absolute atomic E-state index is 0.229. The Labute approximate surface area is 105 Å². The number of rotatable bonds is 2. The second-order valence-electron chi connectivity index (χ2n) is 4.63. The van der Waals surface area contributed by atoms with Gasteiger partial charge < -0.3 is 0 Å². The molecule has 86 valence electrons. The molecule has 0 bridgehead atoms. The average Bonchev–Trinajstić information content (AvgIpc) is 2.29. The van der Waals surface area contributed by atoms with Crippen LogP contribution in [-0.2, 0) is 4.79 Å². The lowest BCUT2D eigenvalue weighted by molar-refractivity contribution is -0.122.